The maximum Gasteiger partial charge on any atom is 0.250 e. The van der Waals surface area contributed by atoms with Crippen LogP contribution >= 0.6 is 0 Å². The number of hydrogen-bond acceptors (Lipinski definition) is 3. The van der Waals surface area contributed by atoms with Crippen molar-refractivity contribution in [1.29, 1.82) is 0 Å². The van der Waals surface area contributed by atoms with Gasteiger partial charge < -0.3 is 16.0 Å². The van der Waals surface area contributed by atoms with Crippen molar-refractivity contribution in [1.82, 2.24) is 10.2 Å². The van der Waals surface area contributed by atoms with E-state index in [1.54, 1.807) is 6.92 Å². The number of nitrogens with two attached hydrogens (primary N) is 1. The van der Waals surface area contributed by atoms with E-state index < -0.39 is 6.04 Å². The van der Waals surface area contributed by atoms with Gasteiger partial charge in [-0.05, 0) is 31.4 Å². The lowest BCUT2D eigenvalue weighted by atomic mass is 10.0. The van der Waals surface area contributed by atoms with E-state index in [4.69, 9.17) is 5.73 Å². The van der Waals surface area contributed by atoms with Crippen molar-refractivity contribution in [3.05, 3.63) is 35.9 Å². The molecule has 0 aromatic heterocycles. The Morgan fingerprint density at radius 2 is 2.05 bits per heavy atom. The van der Waals surface area contributed by atoms with Gasteiger partial charge in [0, 0.05) is 19.0 Å². The fourth-order valence-electron chi connectivity index (χ4n) is 2.98. The van der Waals surface area contributed by atoms with E-state index in [-0.39, 0.29) is 17.9 Å². The predicted octanol–water partition coefficient (Wildman–Crippen LogP) is 1.45. The van der Waals surface area contributed by atoms with E-state index >= 15 is 0 Å². The lowest BCUT2D eigenvalue weighted by Crippen LogP contribution is -2.44. The monoisotopic (exact) mass is 303 g/mol. The molecule has 5 heteroatoms. The summed E-state index contributed by atoms with van der Waals surface area (Å²) in [6.07, 6.45) is 1.28. The lowest BCUT2D eigenvalue weighted by molar-refractivity contribution is -0.137. The summed E-state index contributed by atoms with van der Waals surface area (Å²) in [5.41, 5.74) is 6.56. The van der Waals surface area contributed by atoms with Gasteiger partial charge >= 0.3 is 0 Å². The number of likely N-dealkylation sites (tertiary alicyclic amines) is 1. The summed E-state index contributed by atoms with van der Waals surface area (Å²) in [7, 11) is 0. The van der Waals surface area contributed by atoms with Crippen LogP contribution in [0.1, 0.15) is 38.3 Å². The summed E-state index contributed by atoms with van der Waals surface area (Å²) in [5, 5.41) is 2.85. The third-order valence-electron chi connectivity index (χ3n) is 4.28. The van der Waals surface area contributed by atoms with Gasteiger partial charge in [0.2, 0.25) is 11.8 Å². The molecule has 1 heterocycles. The van der Waals surface area contributed by atoms with Crippen LogP contribution in [0.3, 0.4) is 0 Å². The fraction of sp³-hybridized carbons (Fsp3) is 0.529. The SMILES string of the molecule is CCC(=O)NC(C(=O)N1CC(CN)CC1C)c1ccccc1. The molecule has 22 heavy (non-hydrogen) atoms. The average Bonchev–Trinajstić information content (AvgIpc) is 2.93. The second-order valence-electron chi connectivity index (χ2n) is 5.94. The zero-order chi connectivity index (χ0) is 16.1. The lowest BCUT2D eigenvalue weighted by Gasteiger charge is -2.28. The molecule has 0 aliphatic carbocycles. The summed E-state index contributed by atoms with van der Waals surface area (Å²) in [6, 6.07) is 8.95. The molecular weight excluding hydrogens is 278 g/mol. The molecule has 0 bridgehead atoms. The van der Waals surface area contributed by atoms with Gasteiger partial charge in [-0.3, -0.25) is 9.59 Å². The van der Waals surface area contributed by atoms with Crippen LogP contribution in [0.5, 0.6) is 0 Å². The van der Waals surface area contributed by atoms with Crippen molar-refractivity contribution in [2.45, 2.75) is 38.8 Å². The number of carbonyl (C=O) groups is 2. The zero-order valence-corrected chi connectivity index (χ0v) is 13.3. The Labute approximate surface area is 131 Å². The standard InChI is InChI=1S/C17H25N3O2/c1-3-15(21)19-16(14-7-5-4-6-8-14)17(22)20-11-13(10-18)9-12(20)2/h4-8,12-13,16H,3,9-11,18H2,1-2H3,(H,19,21). The molecule has 3 N–H and O–H groups in total. The summed E-state index contributed by atoms with van der Waals surface area (Å²) < 4.78 is 0. The molecule has 1 aliphatic rings. The Kier molecular flexibility index (Phi) is 5.55. The first kappa shape index (κ1) is 16.5. The highest BCUT2D eigenvalue weighted by molar-refractivity contribution is 5.89. The predicted molar refractivity (Wildman–Crippen MR) is 86.0 cm³/mol. The second-order valence-corrected chi connectivity index (χ2v) is 5.94. The number of nitrogens with zero attached hydrogens (tertiary/aromatic N) is 1. The first-order chi connectivity index (χ1) is 10.6. The quantitative estimate of drug-likeness (QED) is 0.864. The van der Waals surface area contributed by atoms with Crippen LogP contribution in [0.15, 0.2) is 30.3 Å². The Bertz CT molecular complexity index is 518. The molecule has 1 aromatic carbocycles. The zero-order valence-electron chi connectivity index (χ0n) is 13.3. The van der Waals surface area contributed by atoms with Crippen LogP contribution in [-0.4, -0.2) is 35.8 Å². The number of benzene rings is 1. The molecule has 0 radical (unpaired) electrons. The van der Waals surface area contributed by atoms with Crippen LogP contribution in [0.4, 0.5) is 0 Å². The van der Waals surface area contributed by atoms with E-state index in [0.717, 1.165) is 12.0 Å². The number of hydrogen-bond donors (Lipinski definition) is 2. The summed E-state index contributed by atoms with van der Waals surface area (Å²) in [4.78, 5) is 26.6. The van der Waals surface area contributed by atoms with Gasteiger partial charge in [0.15, 0.2) is 0 Å². The number of amides is 2. The average molecular weight is 303 g/mol. The number of nitrogens with one attached hydrogen (secondary N) is 1. The topological polar surface area (TPSA) is 75.4 Å². The number of carbonyl (C=O) groups excluding carboxylic acids is 2. The summed E-state index contributed by atoms with van der Waals surface area (Å²) in [6.45, 7) is 5.08. The molecule has 3 atom stereocenters. The van der Waals surface area contributed by atoms with Crippen molar-refractivity contribution < 1.29 is 9.59 Å². The molecule has 1 aliphatic heterocycles. The minimum atomic E-state index is -0.618. The largest absolute Gasteiger partial charge is 0.341 e. The molecule has 2 amide bonds. The molecule has 1 aromatic rings. The van der Waals surface area contributed by atoms with Gasteiger partial charge in [0.05, 0.1) is 0 Å². The van der Waals surface area contributed by atoms with Gasteiger partial charge in [-0.15, -0.1) is 0 Å². The van der Waals surface area contributed by atoms with Crippen LogP contribution in [0.2, 0.25) is 0 Å². The van der Waals surface area contributed by atoms with Crippen LogP contribution < -0.4 is 11.1 Å². The Balaban J connectivity index is 2.21. The molecule has 3 unspecified atom stereocenters. The molecular formula is C17H25N3O2. The van der Waals surface area contributed by atoms with Crippen molar-refractivity contribution in [2.24, 2.45) is 11.7 Å². The van der Waals surface area contributed by atoms with E-state index in [2.05, 4.69) is 5.32 Å². The minimum absolute atomic E-state index is 0.0450. The minimum Gasteiger partial charge on any atom is -0.341 e. The fourth-order valence-corrected chi connectivity index (χ4v) is 2.98. The van der Waals surface area contributed by atoms with Crippen LogP contribution in [-0.2, 0) is 9.59 Å². The van der Waals surface area contributed by atoms with Gasteiger partial charge in [0.25, 0.3) is 0 Å². The molecule has 120 valence electrons. The molecule has 2 rings (SSSR count). The Hall–Kier alpha value is -1.88. The Morgan fingerprint density at radius 1 is 1.36 bits per heavy atom. The summed E-state index contributed by atoms with van der Waals surface area (Å²) >= 11 is 0. The molecule has 0 saturated carbocycles. The highest BCUT2D eigenvalue weighted by Crippen LogP contribution is 2.26. The molecule has 0 spiro atoms. The van der Waals surface area contributed by atoms with E-state index in [0.29, 0.717) is 25.4 Å². The first-order valence-corrected chi connectivity index (χ1v) is 7.91. The highest BCUT2D eigenvalue weighted by atomic mass is 16.2. The van der Waals surface area contributed by atoms with E-state index in [1.165, 1.54) is 0 Å². The van der Waals surface area contributed by atoms with Crippen molar-refractivity contribution >= 4 is 11.8 Å². The van der Waals surface area contributed by atoms with Gasteiger partial charge in [-0.1, -0.05) is 37.3 Å². The molecule has 1 saturated heterocycles. The summed E-state index contributed by atoms with van der Waals surface area (Å²) in [5.74, 6) is 0.179. The molecule has 5 nitrogen and oxygen atoms in total. The smallest absolute Gasteiger partial charge is 0.250 e. The van der Waals surface area contributed by atoms with Crippen molar-refractivity contribution in [3.63, 3.8) is 0 Å². The molecule has 1 fully saturated rings. The van der Waals surface area contributed by atoms with Gasteiger partial charge in [0.1, 0.15) is 6.04 Å². The Morgan fingerprint density at radius 3 is 2.59 bits per heavy atom. The van der Waals surface area contributed by atoms with Gasteiger partial charge in [-0.2, -0.15) is 0 Å². The maximum absolute atomic E-state index is 12.9. The normalized spacial score (nSPS) is 22.4. The van der Waals surface area contributed by atoms with E-state index in [9.17, 15) is 9.59 Å². The van der Waals surface area contributed by atoms with Gasteiger partial charge in [-0.25, -0.2) is 0 Å². The van der Waals surface area contributed by atoms with Crippen molar-refractivity contribution in [3.8, 4) is 0 Å². The third kappa shape index (κ3) is 3.65. The first-order valence-electron chi connectivity index (χ1n) is 7.91. The maximum atomic E-state index is 12.9. The van der Waals surface area contributed by atoms with Crippen molar-refractivity contribution in [2.75, 3.05) is 13.1 Å². The number of rotatable bonds is 5. The van der Waals surface area contributed by atoms with E-state index in [1.807, 2.05) is 42.2 Å². The second kappa shape index (κ2) is 7.40. The third-order valence-corrected chi connectivity index (χ3v) is 4.28. The van der Waals surface area contributed by atoms with Crippen LogP contribution in [0.25, 0.3) is 0 Å². The highest BCUT2D eigenvalue weighted by Gasteiger charge is 2.36. The van der Waals surface area contributed by atoms with Crippen LogP contribution in [0, 0.1) is 5.92 Å².